The molecular formula is C17H16N2O3S. The van der Waals surface area contributed by atoms with Gasteiger partial charge in [-0.25, -0.2) is 17.4 Å². The van der Waals surface area contributed by atoms with E-state index in [-0.39, 0.29) is 10.8 Å². The van der Waals surface area contributed by atoms with Crippen LogP contribution in [0.15, 0.2) is 59.8 Å². The number of nitrogens with zero attached hydrogens (tertiary/aromatic N) is 2. The molecule has 0 spiro atoms. The van der Waals surface area contributed by atoms with Crippen molar-refractivity contribution in [3.05, 3.63) is 60.4 Å². The molecule has 1 aliphatic rings. The average Bonchev–Trinajstić information content (AvgIpc) is 3.35. The van der Waals surface area contributed by atoms with Crippen LogP contribution in [0.3, 0.4) is 0 Å². The smallest absolute Gasteiger partial charge is 0.269 e. The zero-order valence-electron chi connectivity index (χ0n) is 12.3. The molecule has 1 fully saturated rings. The second-order valence-electron chi connectivity index (χ2n) is 5.86. The van der Waals surface area contributed by atoms with Crippen LogP contribution >= 0.6 is 0 Å². The van der Waals surface area contributed by atoms with E-state index in [0.717, 1.165) is 12.8 Å². The third kappa shape index (κ3) is 2.34. The summed E-state index contributed by atoms with van der Waals surface area (Å²) in [6.45, 7) is 0. The predicted molar refractivity (Wildman–Crippen MR) is 86.4 cm³/mol. The first-order valence-electron chi connectivity index (χ1n) is 7.54. The fourth-order valence-corrected chi connectivity index (χ4v) is 4.20. The summed E-state index contributed by atoms with van der Waals surface area (Å²) >= 11 is 0. The molecule has 2 heterocycles. The van der Waals surface area contributed by atoms with E-state index in [2.05, 4.69) is 4.98 Å². The van der Waals surface area contributed by atoms with Crippen LogP contribution < -0.4 is 0 Å². The highest BCUT2D eigenvalue weighted by molar-refractivity contribution is 7.90. The third-order valence-electron chi connectivity index (χ3n) is 4.25. The van der Waals surface area contributed by atoms with Gasteiger partial charge in [-0.3, -0.25) is 0 Å². The van der Waals surface area contributed by atoms with Crippen LogP contribution in [-0.4, -0.2) is 22.5 Å². The summed E-state index contributed by atoms with van der Waals surface area (Å²) in [5.74, 6) is 0.216. The maximum Gasteiger partial charge on any atom is 0.269 e. The van der Waals surface area contributed by atoms with E-state index in [1.165, 1.54) is 10.2 Å². The summed E-state index contributed by atoms with van der Waals surface area (Å²) in [5, 5.41) is 11.2. The van der Waals surface area contributed by atoms with E-state index in [4.69, 9.17) is 0 Å². The van der Waals surface area contributed by atoms with Crippen molar-refractivity contribution < 1.29 is 13.5 Å². The first-order chi connectivity index (χ1) is 11.1. The lowest BCUT2D eigenvalue weighted by Crippen LogP contribution is -2.12. The molecule has 0 bridgehead atoms. The first kappa shape index (κ1) is 14.4. The molecule has 0 unspecified atom stereocenters. The summed E-state index contributed by atoms with van der Waals surface area (Å²) in [5.41, 5.74) is 0.987. The molecular weight excluding hydrogens is 312 g/mol. The lowest BCUT2D eigenvalue weighted by atomic mass is 10.1. The summed E-state index contributed by atoms with van der Waals surface area (Å²) in [6, 6.07) is 11.8. The molecule has 1 N–H and O–H groups in total. The lowest BCUT2D eigenvalue weighted by Gasteiger charge is -2.07. The van der Waals surface area contributed by atoms with Crippen molar-refractivity contribution in [2.24, 2.45) is 5.92 Å². The molecule has 23 heavy (non-hydrogen) atoms. The highest BCUT2D eigenvalue weighted by atomic mass is 32.2. The summed E-state index contributed by atoms with van der Waals surface area (Å²) in [4.78, 5) is 4.43. The zero-order valence-corrected chi connectivity index (χ0v) is 13.1. The second kappa shape index (κ2) is 5.18. The zero-order chi connectivity index (χ0) is 16.0. The summed E-state index contributed by atoms with van der Waals surface area (Å²) in [7, 11) is -3.74. The molecule has 118 valence electrons. The highest BCUT2D eigenvalue weighted by Crippen LogP contribution is 2.43. The van der Waals surface area contributed by atoms with Gasteiger partial charge in [0.05, 0.1) is 11.0 Å². The number of rotatable bonds is 4. The molecule has 3 aromatic rings. The maximum atomic E-state index is 12.9. The van der Waals surface area contributed by atoms with Crippen molar-refractivity contribution in [3.63, 3.8) is 0 Å². The average molecular weight is 328 g/mol. The van der Waals surface area contributed by atoms with Gasteiger partial charge in [0, 0.05) is 23.3 Å². The van der Waals surface area contributed by atoms with Crippen molar-refractivity contribution in [2.45, 2.75) is 23.8 Å². The minimum absolute atomic E-state index is 0.204. The van der Waals surface area contributed by atoms with Crippen LogP contribution in [0.4, 0.5) is 0 Å². The van der Waals surface area contributed by atoms with Gasteiger partial charge in [-0.2, -0.15) is 0 Å². The fourth-order valence-electron chi connectivity index (χ4n) is 2.85. The molecule has 0 radical (unpaired) electrons. The highest BCUT2D eigenvalue weighted by Gasteiger charge is 2.34. The topological polar surface area (TPSA) is 72.2 Å². The summed E-state index contributed by atoms with van der Waals surface area (Å²) in [6.07, 6.45) is 4.38. The molecule has 5 nitrogen and oxygen atoms in total. The second-order valence-corrected chi connectivity index (χ2v) is 7.67. The number of hydrogen-bond donors (Lipinski definition) is 1. The van der Waals surface area contributed by atoms with E-state index >= 15 is 0 Å². The molecule has 1 atom stereocenters. The Labute approximate surface area is 134 Å². The SMILES string of the molecule is O=S(=O)(c1ccccc1)n1cc([C@H](O)C2CC2)c2cccnc21. The van der Waals surface area contributed by atoms with E-state index in [9.17, 15) is 13.5 Å². The number of hydrogen-bond acceptors (Lipinski definition) is 4. The number of aliphatic hydroxyl groups excluding tert-OH is 1. The van der Waals surface area contributed by atoms with E-state index in [1.54, 1.807) is 48.7 Å². The predicted octanol–water partition coefficient (Wildman–Crippen LogP) is 2.72. The largest absolute Gasteiger partial charge is 0.388 e. The minimum atomic E-state index is -3.74. The van der Waals surface area contributed by atoms with Gasteiger partial charge in [0.15, 0.2) is 5.65 Å². The van der Waals surface area contributed by atoms with Gasteiger partial charge in [0.25, 0.3) is 10.0 Å². The molecule has 1 aromatic carbocycles. The quantitative estimate of drug-likeness (QED) is 0.799. The Bertz CT molecular complexity index is 960. The monoisotopic (exact) mass is 328 g/mol. The Morgan fingerprint density at radius 3 is 2.57 bits per heavy atom. The Morgan fingerprint density at radius 2 is 1.87 bits per heavy atom. The van der Waals surface area contributed by atoms with Gasteiger partial charge in [-0.15, -0.1) is 0 Å². The normalized spacial score (nSPS) is 16.6. The van der Waals surface area contributed by atoms with E-state index in [1.807, 2.05) is 0 Å². The number of aliphatic hydroxyl groups is 1. The Balaban J connectivity index is 1.94. The molecule has 1 saturated carbocycles. The number of pyridine rings is 1. The maximum absolute atomic E-state index is 12.9. The molecule has 0 amide bonds. The standard InChI is InChI=1S/C17H16N2O3S/c20-16(12-8-9-12)15-11-19(17-14(15)7-4-10-18-17)23(21,22)13-5-2-1-3-6-13/h1-7,10-12,16,20H,8-9H2/t16-/m1/s1. The van der Waals surface area contributed by atoms with Crippen molar-refractivity contribution in [3.8, 4) is 0 Å². The lowest BCUT2D eigenvalue weighted by molar-refractivity contribution is 0.155. The van der Waals surface area contributed by atoms with Gasteiger partial charge < -0.3 is 5.11 Å². The molecule has 2 aromatic heterocycles. The van der Waals surface area contributed by atoms with Gasteiger partial charge in [0.1, 0.15) is 0 Å². The van der Waals surface area contributed by atoms with Crippen molar-refractivity contribution in [2.75, 3.05) is 0 Å². The van der Waals surface area contributed by atoms with Crippen LogP contribution in [0, 0.1) is 5.92 Å². The van der Waals surface area contributed by atoms with Crippen LogP contribution in [0.25, 0.3) is 11.0 Å². The Kier molecular flexibility index (Phi) is 3.25. The molecule has 6 heteroatoms. The van der Waals surface area contributed by atoms with Gasteiger partial charge >= 0.3 is 0 Å². The van der Waals surface area contributed by atoms with E-state index in [0.29, 0.717) is 16.6 Å². The van der Waals surface area contributed by atoms with Crippen molar-refractivity contribution in [1.29, 1.82) is 0 Å². The Morgan fingerprint density at radius 1 is 1.13 bits per heavy atom. The van der Waals surface area contributed by atoms with Gasteiger partial charge in [0.2, 0.25) is 0 Å². The van der Waals surface area contributed by atoms with Crippen LogP contribution in [0.2, 0.25) is 0 Å². The molecule has 0 aliphatic heterocycles. The van der Waals surface area contributed by atoms with Gasteiger partial charge in [-0.1, -0.05) is 18.2 Å². The van der Waals surface area contributed by atoms with Crippen molar-refractivity contribution in [1.82, 2.24) is 8.96 Å². The Hall–Kier alpha value is -2.18. The number of aromatic nitrogens is 2. The molecule has 0 saturated heterocycles. The minimum Gasteiger partial charge on any atom is -0.388 e. The third-order valence-corrected chi connectivity index (χ3v) is 5.91. The molecule has 4 rings (SSSR count). The first-order valence-corrected chi connectivity index (χ1v) is 8.98. The van der Waals surface area contributed by atoms with Crippen LogP contribution in [0.5, 0.6) is 0 Å². The molecule has 1 aliphatic carbocycles. The van der Waals surface area contributed by atoms with Crippen molar-refractivity contribution >= 4 is 21.1 Å². The number of benzene rings is 1. The fraction of sp³-hybridized carbons (Fsp3) is 0.235. The number of fused-ring (bicyclic) bond motifs is 1. The van der Waals surface area contributed by atoms with Crippen LogP contribution in [0.1, 0.15) is 24.5 Å². The van der Waals surface area contributed by atoms with E-state index < -0.39 is 16.1 Å². The van der Waals surface area contributed by atoms with Gasteiger partial charge in [-0.05, 0) is 43.0 Å². The summed E-state index contributed by atoms with van der Waals surface area (Å²) < 4.78 is 27.0. The van der Waals surface area contributed by atoms with Crippen LogP contribution in [-0.2, 0) is 10.0 Å².